The molecule has 2 aromatic rings. The fraction of sp³-hybridized carbons (Fsp3) is 0.200. The van der Waals surface area contributed by atoms with Crippen molar-refractivity contribution in [3.63, 3.8) is 0 Å². The van der Waals surface area contributed by atoms with Gasteiger partial charge in [0.1, 0.15) is 5.75 Å². The smallest absolute Gasteiger partial charge is 0.417 e. The Kier molecular flexibility index (Phi) is 4.46. The SMILES string of the molecule is Cc1cccc(CNc2ccc(Br)c(C(F)(F)F)c2)c1O. The van der Waals surface area contributed by atoms with Crippen molar-refractivity contribution in [3.8, 4) is 5.75 Å². The van der Waals surface area contributed by atoms with Gasteiger partial charge >= 0.3 is 6.18 Å². The zero-order chi connectivity index (χ0) is 15.6. The van der Waals surface area contributed by atoms with Gasteiger partial charge in [-0.1, -0.05) is 34.1 Å². The van der Waals surface area contributed by atoms with E-state index in [0.29, 0.717) is 11.3 Å². The monoisotopic (exact) mass is 359 g/mol. The minimum Gasteiger partial charge on any atom is -0.507 e. The van der Waals surface area contributed by atoms with Gasteiger partial charge in [0.2, 0.25) is 0 Å². The Bertz CT molecular complexity index is 656. The van der Waals surface area contributed by atoms with E-state index < -0.39 is 11.7 Å². The van der Waals surface area contributed by atoms with E-state index in [4.69, 9.17) is 0 Å². The predicted molar refractivity (Wildman–Crippen MR) is 79.3 cm³/mol. The molecule has 2 nitrogen and oxygen atoms in total. The van der Waals surface area contributed by atoms with Crippen molar-refractivity contribution < 1.29 is 18.3 Å². The predicted octanol–water partition coefficient (Wildman–Crippen LogP) is 5.09. The third-order valence-corrected chi connectivity index (χ3v) is 3.77. The van der Waals surface area contributed by atoms with Gasteiger partial charge in [-0.05, 0) is 30.7 Å². The lowest BCUT2D eigenvalue weighted by Gasteiger charge is -2.13. The number of aromatic hydroxyl groups is 1. The van der Waals surface area contributed by atoms with Crippen molar-refractivity contribution in [3.05, 3.63) is 57.6 Å². The Morgan fingerprint density at radius 2 is 1.90 bits per heavy atom. The molecular formula is C15H13BrF3NO. The highest BCUT2D eigenvalue weighted by Gasteiger charge is 2.33. The summed E-state index contributed by atoms with van der Waals surface area (Å²) in [5.74, 6) is 0.151. The lowest BCUT2D eigenvalue weighted by molar-refractivity contribution is -0.138. The molecule has 0 aliphatic carbocycles. The zero-order valence-corrected chi connectivity index (χ0v) is 12.7. The van der Waals surface area contributed by atoms with Crippen LogP contribution in [-0.4, -0.2) is 5.11 Å². The minimum absolute atomic E-state index is 0.000970. The van der Waals surface area contributed by atoms with Gasteiger partial charge in [-0.2, -0.15) is 13.2 Å². The molecule has 0 spiro atoms. The van der Waals surface area contributed by atoms with E-state index in [0.717, 1.165) is 11.6 Å². The van der Waals surface area contributed by atoms with Gasteiger partial charge in [-0.3, -0.25) is 0 Å². The van der Waals surface area contributed by atoms with Crippen LogP contribution in [0.3, 0.4) is 0 Å². The first-order valence-electron chi connectivity index (χ1n) is 6.17. The van der Waals surface area contributed by atoms with Gasteiger partial charge in [0.25, 0.3) is 0 Å². The van der Waals surface area contributed by atoms with Crippen molar-refractivity contribution >= 4 is 21.6 Å². The Balaban J connectivity index is 2.19. The van der Waals surface area contributed by atoms with E-state index in [9.17, 15) is 18.3 Å². The fourth-order valence-corrected chi connectivity index (χ4v) is 2.38. The Morgan fingerprint density at radius 3 is 2.57 bits per heavy atom. The van der Waals surface area contributed by atoms with Crippen LogP contribution in [0.15, 0.2) is 40.9 Å². The van der Waals surface area contributed by atoms with Gasteiger partial charge in [0, 0.05) is 22.3 Å². The van der Waals surface area contributed by atoms with Crippen LogP contribution in [0.5, 0.6) is 5.75 Å². The minimum atomic E-state index is -4.41. The summed E-state index contributed by atoms with van der Waals surface area (Å²) >= 11 is 2.90. The first kappa shape index (κ1) is 15.7. The van der Waals surface area contributed by atoms with E-state index in [-0.39, 0.29) is 16.8 Å². The second-order valence-corrected chi connectivity index (χ2v) is 5.48. The summed E-state index contributed by atoms with van der Waals surface area (Å²) in [5.41, 5.74) is 0.958. The molecule has 6 heteroatoms. The number of aryl methyl sites for hydroxylation is 1. The number of phenolic OH excluding ortho intramolecular Hbond substituents is 1. The number of para-hydroxylation sites is 1. The highest BCUT2D eigenvalue weighted by Crippen LogP contribution is 2.36. The van der Waals surface area contributed by atoms with Crippen LogP contribution in [0, 0.1) is 6.92 Å². The number of benzene rings is 2. The number of halogens is 4. The second-order valence-electron chi connectivity index (χ2n) is 4.63. The van der Waals surface area contributed by atoms with Crippen LogP contribution >= 0.6 is 15.9 Å². The van der Waals surface area contributed by atoms with Crippen molar-refractivity contribution in [1.82, 2.24) is 0 Å². The van der Waals surface area contributed by atoms with Crippen LogP contribution in [0.25, 0.3) is 0 Å². The third-order valence-electron chi connectivity index (χ3n) is 3.08. The molecule has 2 N–H and O–H groups in total. The van der Waals surface area contributed by atoms with Gasteiger partial charge in [-0.25, -0.2) is 0 Å². The maximum absolute atomic E-state index is 12.8. The van der Waals surface area contributed by atoms with Crippen molar-refractivity contribution in [2.75, 3.05) is 5.32 Å². The van der Waals surface area contributed by atoms with E-state index in [2.05, 4.69) is 21.2 Å². The first-order chi connectivity index (χ1) is 9.79. The molecule has 112 valence electrons. The van der Waals surface area contributed by atoms with Gasteiger partial charge in [0.15, 0.2) is 0 Å². The molecule has 2 rings (SSSR count). The molecule has 21 heavy (non-hydrogen) atoms. The van der Waals surface area contributed by atoms with Crippen LogP contribution in [0.4, 0.5) is 18.9 Å². The molecule has 0 aliphatic rings. The molecule has 0 fully saturated rings. The van der Waals surface area contributed by atoms with Crippen molar-refractivity contribution in [2.24, 2.45) is 0 Å². The van der Waals surface area contributed by atoms with Crippen LogP contribution in [0.1, 0.15) is 16.7 Å². The molecule has 0 radical (unpaired) electrons. The molecular weight excluding hydrogens is 347 g/mol. The number of nitrogens with one attached hydrogen (secondary N) is 1. The average molecular weight is 360 g/mol. The number of hydrogen-bond acceptors (Lipinski definition) is 2. The van der Waals surface area contributed by atoms with E-state index >= 15 is 0 Å². The first-order valence-corrected chi connectivity index (χ1v) is 6.96. The summed E-state index contributed by atoms with van der Waals surface area (Å²) in [7, 11) is 0. The molecule has 2 aromatic carbocycles. The summed E-state index contributed by atoms with van der Waals surface area (Å²) in [5, 5.41) is 12.8. The summed E-state index contributed by atoms with van der Waals surface area (Å²) in [6.07, 6.45) is -4.41. The summed E-state index contributed by atoms with van der Waals surface area (Å²) in [4.78, 5) is 0. The zero-order valence-electron chi connectivity index (χ0n) is 11.1. The largest absolute Gasteiger partial charge is 0.507 e. The van der Waals surface area contributed by atoms with E-state index in [1.807, 2.05) is 0 Å². The van der Waals surface area contributed by atoms with Crippen molar-refractivity contribution in [2.45, 2.75) is 19.6 Å². The molecule has 0 amide bonds. The highest BCUT2D eigenvalue weighted by atomic mass is 79.9. The average Bonchev–Trinajstić information content (AvgIpc) is 2.40. The molecule has 0 bridgehead atoms. The maximum Gasteiger partial charge on any atom is 0.417 e. The van der Waals surface area contributed by atoms with Gasteiger partial charge in [-0.15, -0.1) is 0 Å². The quantitative estimate of drug-likeness (QED) is 0.799. The molecule has 0 saturated heterocycles. The molecule has 0 saturated carbocycles. The van der Waals surface area contributed by atoms with E-state index in [1.165, 1.54) is 6.07 Å². The normalized spacial score (nSPS) is 11.5. The van der Waals surface area contributed by atoms with Crippen LogP contribution in [-0.2, 0) is 12.7 Å². The Hall–Kier alpha value is -1.69. The van der Waals surface area contributed by atoms with Crippen LogP contribution < -0.4 is 5.32 Å². The number of rotatable bonds is 3. The van der Waals surface area contributed by atoms with Crippen LogP contribution in [0.2, 0.25) is 0 Å². The number of alkyl halides is 3. The lowest BCUT2D eigenvalue weighted by atomic mass is 10.1. The highest BCUT2D eigenvalue weighted by molar-refractivity contribution is 9.10. The van der Waals surface area contributed by atoms with Gasteiger partial charge in [0.05, 0.1) is 5.56 Å². The third kappa shape index (κ3) is 3.69. The Labute approximate surface area is 128 Å². The summed E-state index contributed by atoms with van der Waals surface area (Å²) < 4.78 is 38.4. The Morgan fingerprint density at radius 1 is 1.19 bits per heavy atom. The molecule has 0 aliphatic heterocycles. The molecule has 0 aromatic heterocycles. The molecule has 0 heterocycles. The summed E-state index contributed by atoms with van der Waals surface area (Å²) in [6, 6.07) is 9.21. The number of phenols is 1. The number of anilines is 1. The second kappa shape index (κ2) is 5.97. The maximum atomic E-state index is 12.8. The molecule has 0 unspecified atom stereocenters. The topological polar surface area (TPSA) is 32.3 Å². The standard InChI is InChI=1S/C15H13BrF3NO/c1-9-3-2-4-10(14(9)21)8-20-11-5-6-13(16)12(7-11)15(17,18)19/h2-7,20-21H,8H2,1H3. The summed E-state index contributed by atoms with van der Waals surface area (Å²) in [6.45, 7) is 2.01. The number of hydrogen-bond donors (Lipinski definition) is 2. The van der Waals surface area contributed by atoms with E-state index in [1.54, 1.807) is 31.2 Å². The molecule has 0 atom stereocenters. The fourth-order valence-electron chi connectivity index (χ4n) is 1.91. The van der Waals surface area contributed by atoms with Gasteiger partial charge < -0.3 is 10.4 Å². The van der Waals surface area contributed by atoms with Crippen molar-refractivity contribution in [1.29, 1.82) is 0 Å². The lowest BCUT2D eigenvalue weighted by Crippen LogP contribution is -2.08.